The van der Waals surface area contributed by atoms with Crippen molar-refractivity contribution < 1.29 is 14.3 Å². The first-order valence-corrected chi connectivity index (χ1v) is 4.95. The number of ketones is 1. The van der Waals surface area contributed by atoms with Gasteiger partial charge in [0.15, 0.2) is 5.79 Å². The standard InChI is InChI=1S/C10H16O3/c1-7-5-10(12-3-4-13-10)6-8(2)9(7)11/h7-8H,3-6H2,1-2H3. The first-order chi connectivity index (χ1) is 6.13. The van der Waals surface area contributed by atoms with E-state index in [1.165, 1.54) is 0 Å². The summed E-state index contributed by atoms with van der Waals surface area (Å²) in [6.07, 6.45) is 1.46. The van der Waals surface area contributed by atoms with E-state index in [2.05, 4.69) is 0 Å². The molecule has 0 N–H and O–H groups in total. The second kappa shape index (κ2) is 3.07. The van der Waals surface area contributed by atoms with Crippen molar-refractivity contribution in [2.45, 2.75) is 32.5 Å². The maximum atomic E-state index is 11.6. The highest BCUT2D eigenvalue weighted by Crippen LogP contribution is 2.39. The highest BCUT2D eigenvalue weighted by atomic mass is 16.7. The summed E-state index contributed by atoms with van der Waals surface area (Å²) < 4.78 is 11.2. The minimum Gasteiger partial charge on any atom is -0.347 e. The van der Waals surface area contributed by atoms with E-state index in [9.17, 15) is 4.79 Å². The molecule has 3 nitrogen and oxygen atoms in total. The van der Waals surface area contributed by atoms with Crippen LogP contribution in [-0.2, 0) is 14.3 Å². The van der Waals surface area contributed by atoms with Crippen LogP contribution in [0.5, 0.6) is 0 Å². The van der Waals surface area contributed by atoms with Crippen molar-refractivity contribution in [3.8, 4) is 0 Å². The molecule has 1 saturated heterocycles. The van der Waals surface area contributed by atoms with Crippen LogP contribution in [0.25, 0.3) is 0 Å². The van der Waals surface area contributed by atoms with Crippen LogP contribution in [0.2, 0.25) is 0 Å². The molecule has 1 aliphatic heterocycles. The molecule has 3 heteroatoms. The number of carbonyl (C=O) groups is 1. The van der Waals surface area contributed by atoms with Crippen LogP contribution in [0.4, 0.5) is 0 Å². The molecular formula is C10H16O3. The largest absolute Gasteiger partial charge is 0.347 e. The zero-order valence-electron chi connectivity index (χ0n) is 8.21. The fourth-order valence-corrected chi connectivity index (χ4v) is 2.44. The van der Waals surface area contributed by atoms with E-state index < -0.39 is 5.79 Å². The molecule has 0 amide bonds. The van der Waals surface area contributed by atoms with Gasteiger partial charge >= 0.3 is 0 Å². The lowest BCUT2D eigenvalue weighted by atomic mass is 9.78. The summed E-state index contributed by atoms with van der Waals surface area (Å²) in [6, 6.07) is 0. The van der Waals surface area contributed by atoms with Crippen LogP contribution in [0.3, 0.4) is 0 Å². The third kappa shape index (κ3) is 1.51. The molecule has 1 spiro atoms. The smallest absolute Gasteiger partial charge is 0.169 e. The van der Waals surface area contributed by atoms with Gasteiger partial charge in [0.2, 0.25) is 0 Å². The Morgan fingerprint density at radius 3 is 2.08 bits per heavy atom. The van der Waals surface area contributed by atoms with E-state index in [4.69, 9.17) is 9.47 Å². The number of hydrogen-bond donors (Lipinski definition) is 0. The summed E-state index contributed by atoms with van der Waals surface area (Å²) in [7, 11) is 0. The predicted octanol–water partition coefficient (Wildman–Crippen LogP) is 1.36. The van der Waals surface area contributed by atoms with Crippen molar-refractivity contribution in [2.75, 3.05) is 13.2 Å². The molecule has 2 rings (SSSR count). The number of hydrogen-bond acceptors (Lipinski definition) is 3. The average Bonchev–Trinajstić information content (AvgIpc) is 2.49. The summed E-state index contributed by atoms with van der Waals surface area (Å²) in [6.45, 7) is 5.27. The molecule has 0 aromatic carbocycles. The maximum Gasteiger partial charge on any atom is 0.169 e. The van der Waals surface area contributed by atoms with Gasteiger partial charge in [-0.25, -0.2) is 0 Å². The van der Waals surface area contributed by atoms with Crippen LogP contribution in [0.15, 0.2) is 0 Å². The van der Waals surface area contributed by atoms with Crippen LogP contribution >= 0.6 is 0 Å². The molecule has 1 heterocycles. The molecule has 2 unspecified atom stereocenters. The first kappa shape index (κ1) is 9.16. The number of carbonyl (C=O) groups excluding carboxylic acids is 1. The summed E-state index contributed by atoms with van der Waals surface area (Å²) in [5, 5.41) is 0. The molecule has 0 radical (unpaired) electrons. The monoisotopic (exact) mass is 184 g/mol. The topological polar surface area (TPSA) is 35.5 Å². The molecule has 0 aromatic rings. The number of ether oxygens (including phenoxy) is 2. The highest BCUT2D eigenvalue weighted by molar-refractivity contribution is 5.83. The van der Waals surface area contributed by atoms with Gasteiger partial charge in [-0.15, -0.1) is 0 Å². The summed E-state index contributed by atoms with van der Waals surface area (Å²) in [4.78, 5) is 11.6. The van der Waals surface area contributed by atoms with Gasteiger partial charge in [0.05, 0.1) is 13.2 Å². The molecule has 2 fully saturated rings. The Bertz CT molecular complexity index is 202. The molecule has 13 heavy (non-hydrogen) atoms. The van der Waals surface area contributed by atoms with E-state index in [-0.39, 0.29) is 11.8 Å². The van der Waals surface area contributed by atoms with Crippen molar-refractivity contribution >= 4 is 5.78 Å². The minimum atomic E-state index is -0.424. The minimum absolute atomic E-state index is 0.0850. The fourth-order valence-electron chi connectivity index (χ4n) is 2.44. The third-order valence-corrected chi connectivity index (χ3v) is 3.02. The van der Waals surface area contributed by atoms with Crippen LogP contribution < -0.4 is 0 Å². The van der Waals surface area contributed by atoms with E-state index >= 15 is 0 Å². The van der Waals surface area contributed by atoms with E-state index in [1.807, 2.05) is 13.8 Å². The zero-order chi connectivity index (χ0) is 9.47. The Morgan fingerprint density at radius 1 is 1.15 bits per heavy atom. The normalized spacial score (nSPS) is 38.5. The van der Waals surface area contributed by atoms with Crippen molar-refractivity contribution in [1.29, 1.82) is 0 Å². The van der Waals surface area contributed by atoms with Gasteiger partial charge in [0, 0.05) is 24.7 Å². The molecule has 2 aliphatic rings. The third-order valence-electron chi connectivity index (χ3n) is 3.02. The van der Waals surface area contributed by atoms with Crippen molar-refractivity contribution in [3.63, 3.8) is 0 Å². The van der Waals surface area contributed by atoms with E-state index in [0.717, 1.165) is 12.8 Å². The van der Waals surface area contributed by atoms with E-state index in [1.54, 1.807) is 0 Å². The predicted molar refractivity (Wildman–Crippen MR) is 47.2 cm³/mol. The summed E-state index contributed by atoms with van der Waals surface area (Å²) >= 11 is 0. The van der Waals surface area contributed by atoms with Gasteiger partial charge in [-0.2, -0.15) is 0 Å². The molecule has 1 aliphatic carbocycles. The Morgan fingerprint density at radius 2 is 1.62 bits per heavy atom. The average molecular weight is 184 g/mol. The zero-order valence-corrected chi connectivity index (χ0v) is 8.21. The lowest BCUT2D eigenvalue weighted by molar-refractivity contribution is -0.196. The molecular weight excluding hydrogens is 168 g/mol. The second-order valence-electron chi connectivity index (χ2n) is 4.22. The summed E-state index contributed by atoms with van der Waals surface area (Å²) in [5.74, 6) is 0.0978. The Balaban J connectivity index is 2.12. The Kier molecular flexibility index (Phi) is 2.16. The lowest BCUT2D eigenvalue weighted by Gasteiger charge is -2.37. The van der Waals surface area contributed by atoms with Crippen molar-refractivity contribution in [2.24, 2.45) is 11.8 Å². The molecule has 74 valence electrons. The second-order valence-corrected chi connectivity index (χ2v) is 4.22. The van der Waals surface area contributed by atoms with Crippen LogP contribution in [0, 0.1) is 11.8 Å². The highest BCUT2D eigenvalue weighted by Gasteiger charge is 2.46. The van der Waals surface area contributed by atoms with Gasteiger partial charge in [-0.3, -0.25) is 4.79 Å². The molecule has 0 aromatic heterocycles. The van der Waals surface area contributed by atoms with Crippen LogP contribution in [-0.4, -0.2) is 24.8 Å². The lowest BCUT2D eigenvalue weighted by Crippen LogP contribution is -2.43. The number of Topliss-reactive ketones (excluding diaryl/α,β-unsaturated/α-hetero) is 1. The van der Waals surface area contributed by atoms with Crippen molar-refractivity contribution in [3.05, 3.63) is 0 Å². The summed E-state index contributed by atoms with van der Waals surface area (Å²) in [5.41, 5.74) is 0. The van der Waals surface area contributed by atoms with Gasteiger partial charge < -0.3 is 9.47 Å². The molecule has 1 saturated carbocycles. The Hall–Kier alpha value is -0.410. The van der Waals surface area contributed by atoms with Crippen molar-refractivity contribution in [1.82, 2.24) is 0 Å². The maximum absolute atomic E-state index is 11.6. The number of rotatable bonds is 0. The van der Waals surface area contributed by atoms with Gasteiger partial charge in [-0.1, -0.05) is 13.8 Å². The fraction of sp³-hybridized carbons (Fsp3) is 0.900. The van der Waals surface area contributed by atoms with Gasteiger partial charge in [-0.05, 0) is 0 Å². The van der Waals surface area contributed by atoms with E-state index in [0.29, 0.717) is 19.0 Å². The molecule has 2 atom stereocenters. The van der Waals surface area contributed by atoms with Crippen LogP contribution in [0.1, 0.15) is 26.7 Å². The van der Waals surface area contributed by atoms with Gasteiger partial charge in [0.25, 0.3) is 0 Å². The first-order valence-electron chi connectivity index (χ1n) is 4.95. The van der Waals surface area contributed by atoms with Gasteiger partial charge in [0.1, 0.15) is 5.78 Å². The quantitative estimate of drug-likeness (QED) is 0.570. The SMILES string of the molecule is CC1CC2(CC(C)C1=O)OCCO2. The molecule has 0 bridgehead atoms. The Labute approximate surface area is 78.4 Å².